The number of nitrogens with one attached hydrogen (secondary N) is 1. The summed E-state index contributed by atoms with van der Waals surface area (Å²) in [6, 6.07) is 4.01. The van der Waals surface area contributed by atoms with Crippen LogP contribution in [-0.2, 0) is 16.4 Å². The Bertz CT molecular complexity index is 469. The van der Waals surface area contributed by atoms with Gasteiger partial charge in [-0.15, -0.1) is 0 Å². The van der Waals surface area contributed by atoms with E-state index in [1.165, 1.54) is 19.2 Å². The smallest absolute Gasteiger partial charge is 0.214 e. The van der Waals surface area contributed by atoms with E-state index in [0.717, 1.165) is 6.07 Å². The molecule has 0 aliphatic heterocycles. The summed E-state index contributed by atoms with van der Waals surface area (Å²) in [6.07, 6.45) is 0.603. The Labute approximate surface area is 95.7 Å². The molecule has 0 amide bonds. The lowest BCUT2D eigenvalue weighted by Crippen LogP contribution is -2.18. The van der Waals surface area contributed by atoms with Crippen LogP contribution in [-0.4, -0.2) is 15.5 Å². The van der Waals surface area contributed by atoms with Gasteiger partial charge in [-0.05, 0) is 37.1 Å². The van der Waals surface area contributed by atoms with Crippen LogP contribution >= 0.6 is 0 Å². The van der Waals surface area contributed by atoms with Crippen LogP contribution in [0.2, 0.25) is 0 Å². The van der Waals surface area contributed by atoms with E-state index in [0.29, 0.717) is 17.9 Å². The Morgan fingerprint density at radius 3 is 2.44 bits per heavy atom. The Hall–Kier alpha value is -0.940. The Balaban J connectivity index is 3.09. The number of hydrogen-bond acceptors (Lipinski definition) is 2. The molecule has 90 valence electrons. The van der Waals surface area contributed by atoms with Gasteiger partial charge in [-0.25, -0.2) is 17.5 Å². The van der Waals surface area contributed by atoms with Gasteiger partial charge in [0.05, 0.1) is 4.90 Å². The van der Waals surface area contributed by atoms with Crippen LogP contribution in [0.1, 0.15) is 19.4 Å². The molecule has 1 aromatic carbocycles. The molecular formula is C11H16FNO2S. The molecule has 0 saturated heterocycles. The molecule has 0 aliphatic carbocycles. The van der Waals surface area contributed by atoms with Crippen molar-refractivity contribution in [3.05, 3.63) is 29.6 Å². The van der Waals surface area contributed by atoms with E-state index in [1.807, 2.05) is 13.8 Å². The minimum atomic E-state index is -3.56. The van der Waals surface area contributed by atoms with Crippen molar-refractivity contribution < 1.29 is 12.8 Å². The van der Waals surface area contributed by atoms with Crippen LogP contribution in [0.4, 0.5) is 4.39 Å². The third-order valence-corrected chi connectivity index (χ3v) is 3.64. The van der Waals surface area contributed by atoms with Crippen molar-refractivity contribution in [2.75, 3.05) is 7.05 Å². The molecule has 1 aromatic rings. The molecule has 0 atom stereocenters. The van der Waals surface area contributed by atoms with Crippen LogP contribution in [0.5, 0.6) is 0 Å². The van der Waals surface area contributed by atoms with E-state index < -0.39 is 15.8 Å². The second-order valence-electron chi connectivity index (χ2n) is 4.06. The predicted octanol–water partition coefficient (Wildman–Crippen LogP) is 1.93. The molecule has 0 aromatic heterocycles. The van der Waals surface area contributed by atoms with Gasteiger partial charge >= 0.3 is 0 Å². The van der Waals surface area contributed by atoms with Crippen molar-refractivity contribution >= 4 is 10.0 Å². The molecule has 0 radical (unpaired) electrons. The molecule has 0 fully saturated rings. The quantitative estimate of drug-likeness (QED) is 0.881. The van der Waals surface area contributed by atoms with Gasteiger partial charge < -0.3 is 0 Å². The summed E-state index contributed by atoms with van der Waals surface area (Å²) in [5.74, 6) is -0.133. The van der Waals surface area contributed by atoms with Crippen molar-refractivity contribution in [2.24, 2.45) is 5.92 Å². The first-order valence-corrected chi connectivity index (χ1v) is 6.57. The van der Waals surface area contributed by atoms with E-state index in [4.69, 9.17) is 0 Å². The molecule has 1 rings (SSSR count). The van der Waals surface area contributed by atoms with Crippen LogP contribution in [0.15, 0.2) is 23.1 Å². The van der Waals surface area contributed by atoms with Crippen molar-refractivity contribution in [3.63, 3.8) is 0 Å². The number of halogens is 1. The van der Waals surface area contributed by atoms with E-state index in [-0.39, 0.29) is 4.90 Å². The lowest BCUT2D eigenvalue weighted by molar-refractivity contribution is 0.565. The van der Waals surface area contributed by atoms with Gasteiger partial charge in [-0.1, -0.05) is 19.9 Å². The van der Waals surface area contributed by atoms with Crippen LogP contribution < -0.4 is 4.72 Å². The molecule has 0 heterocycles. The van der Waals surface area contributed by atoms with Gasteiger partial charge in [0.1, 0.15) is 5.82 Å². The Morgan fingerprint density at radius 2 is 2.00 bits per heavy atom. The average Bonchev–Trinajstić information content (AvgIpc) is 2.20. The molecule has 16 heavy (non-hydrogen) atoms. The van der Waals surface area contributed by atoms with Gasteiger partial charge in [-0.2, -0.15) is 0 Å². The molecule has 0 spiro atoms. The Kier molecular flexibility index (Phi) is 4.04. The zero-order chi connectivity index (χ0) is 12.3. The standard InChI is InChI=1S/C11H16FNO2S/c1-8(2)6-9-4-5-10(7-11(9)12)16(14,15)13-3/h4-5,7-8,13H,6H2,1-3H3. The first kappa shape index (κ1) is 13.1. The minimum Gasteiger partial charge on any atom is -0.214 e. The summed E-state index contributed by atoms with van der Waals surface area (Å²) >= 11 is 0. The minimum absolute atomic E-state index is 0.0417. The van der Waals surface area contributed by atoms with E-state index >= 15 is 0 Å². The van der Waals surface area contributed by atoms with Gasteiger partial charge in [0.25, 0.3) is 0 Å². The molecule has 0 bridgehead atoms. The number of sulfonamides is 1. The molecular weight excluding hydrogens is 229 g/mol. The second kappa shape index (κ2) is 4.93. The average molecular weight is 245 g/mol. The van der Waals surface area contributed by atoms with E-state index in [2.05, 4.69) is 4.72 Å². The highest BCUT2D eigenvalue weighted by Gasteiger charge is 2.14. The molecule has 5 heteroatoms. The summed E-state index contributed by atoms with van der Waals surface area (Å²) in [6.45, 7) is 3.97. The van der Waals surface area contributed by atoms with Crippen molar-refractivity contribution in [3.8, 4) is 0 Å². The van der Waals surface area contributed by atoms with Crippen LogP contribution in [0.25, 0.3) is 0 Å². The maximum absolute atomic E-state index is 13.6. The van der Waals surface area contributed by atoms with Gasteiger partial charge in [-0.3, -0.25) is 0 Å². The fourth-order valence-corrected chi connectivity index (χ4v) is 2.16. The molecule has 3 nitrogen and oxygen atoms in total. The third kappa shape index (κ3) is 3.02. The predicted molar refractivity (Wildman–Crippen MR) is 61.2 cm³/mol. The van der Waals surface area contributed by atoms with E-state index in [9.17, 15) is 12.8 Å². The summed E-state index contributed by atoms with van der Waals surface area (Å²) in [7, 11) is -2.26. The molecule has 1 N–H and O–H groups in total. The van der Waals surface area contributed by atoms with Crippen LogP contribution in [0.3, 0.4) is 0 Å². The highest BCUT2D eigenvalue weighted by Crippen LogP contribution is 2.17. The maximum atomic E-state index is 13.6. The molecule has 0 saturated carbocycles. The fourth-order valence-electron chi connectivity index (χ4n) is 1.42. The topological polar surface area (TPSA) is 46.2 Å². The second-order valence-corrected chi connectivity index (χ2v) is 5.95. The van der Waals surface area contributed by atoms with Crippen molar-refractivity contribution in [1.29, 1.82) is 0 Å². The summed E-state index contributed by atoms with van der Waals surface area (Å²) in [4.78, 5) is -0.0417. The number of rotatable bonds is 4. The summed E-state index contributed by atoms with van der Waals surface area (Å²) in [5.41, 5.74) is 0.546. The number of hydrogen-bond donors (Lipinski definition) is 1. The zero-order valence-corrected chi connectivity index (χ0v) is 10.4. The highest BCUT2D eigenvalue weighted by atomic mass is 32.2. The summed E-state index contributed by atoms with van der Waals surface area (Å²) in [5, 5.41) is 0. The lowest BCUT2D eigenvalue weighted by atomic mass is 10.0. The van der Waals surface area contributed by atoms with Gasteiger partial charge in [0.2, 0.25) is 10.0 Å². The van der Waals surface area contributed by atoms with Gasteiger partial charge in [0.15, 0.2) is 0 Å². The van der Waals surface area contributed by atoms with E-state index in [1.54, 1.807) is 0 Å². The highest BCUT2D eigenvalue weighted by molar-refractivity contribution is 7.89. The third-order valence-electron chi connectivity index (χ3n) is 2.23. The molecule has 0 unspecified atom stereocenters. The van der Waals surface area contributed by atoms with Crippen LogP contribution in [0, 0.1) is 11.7 Å². The SMILES string of the molecule is CNS(=O)(=O)c1ccc(CC(C)C)c(F)c1. The van der Waals surface area contributed by atoms with Crippen molar-refractivity contribution in [2.45, 2.75) is 25.2 Å². The lowest BCUT2D eigenvalue weighted by Gasteiger charge is -2.08. The zero-order valence-electron chi connectivity index (χ0n) is 9.62. The fraction of sp³-hybridized carbons (Fsp3) is 0.455. The maximum Gasteiger partial charge on any atom is 0.240 e. The largest absolute Gasteiger partial charge is 0.240 e. The first-order chi connectivity index (χ1) is 7.36. The Morgan fingerprint density at radius 1 is 1.38 bits per heavy atom. The monoisotopic (exact) mass is 245 g/mol. The van der Waals surface area contributed by atoms with Crippen molar-refractivity contribution in [1.82, 2.24) is 4.72 Å². The number of benzene rings is 1. The van der Waals surface area contributed by atoms with Gasteiger partial charge in [0, 0.05) is 0 Å². The molecule has 0 aliphatic rings. The first-order valence-electron chi connectivity index (χ1n) is 5.09. The normalized spacial score (nSPS) is 12.1. The summed E-state index contributed by atoms with van der Waals surface area (Å²) < 4.78 is 38.6.